The zero-order chi connectivity index (χ0) is 19.9. The Balaban J connectivity index is 1.39. The van der Waals surface area contributed by atoms with Crippen LogP contribution in [0.1, 0.15) is 12.0 Å². The fraction of sp³-hybridized carbons (Fsp3) is 0.217. The van der Waals surface area contributed by atoms with Crippen molar-refractivity contribution in [2.45, 2.75) is 19.1 Å². The summed E-state index contributed by atoms with van der Waals surface area (Å²) >= 11 is 0. The number of nitrogens with zero attached hydrogens (tertiary/aromatic N) is 2. The van der Waals surface area contributed by atoms with E-state index in [2.05, 4.69) is 10.1 Å². The Morgan fingerprint density at radius 1 is 0.966 bits per heavy atom. The fourth-order valence-electron chi connectivity index (χ4n) is 3.07. The number of hydrogen-bond donors (Lipinski definition) is 1. The molecular weight excluding hydrogens is 366 g/mol. The number of oxime groups is 1. The molecule has 2 aromatic carbocycles. The lowest BCUT2D eigenvalue weighted by molar-refractivity contribution is 0.0472. The average Bonchev–Trinajstić information content (AvgIpc) is 3.26. The minimum Gasteiger partial charge on any atom is -0.489 e. The Morgan fingerprint density at radius 2 is 1.79 bits per heavy atom. The van der Waals surface area contributed by atoms with E-state index >= 15 is 0 Å². The molecule has 0 saturated carbocycles. The molecular formula is C23H23N3O3. The highest BCUT2D eigenvalue weighted by Crippen LogP contribution is 2.30. The van der Waals surface area contributed by atoms with Crippen molar-refractivity contribution in [2.24, 2.45) is 10.9 Å². The summed E-state index contributed by atoms with van der Waals surface area (Å²) < 4.78 is 11.8. The molecule has 2 N–H and O–H groups in total. The maximum atomic E-state index is 6.01. The van der Waals surface area contributed by atoms with Crippen LogP contribution in [0.15, 0.2) is 78.1 Å². The van der Waals surface area contributed by atoms with Gasteiger partial charge in [-0.15, -0.1) is 0 Å². The first-order valence-electron chi connectivity index (χ1n) is 9.58. The normalized spacial score (nSPS) is 15.5. The van der Waals surface area contributed by atoms with Crippen LogP contribution in [0.4, 0.5) is 0 Å². The van der Waals surface area contributed by atoms with Crippen molar-refractivity contribution in [3.05, 3.63) is 78.5 Å². The summed E-state index contributed by atoms with van der Waals surface area (Å²) in [5.74, 6) is 1.36. The molecule has 1 aromatic heterocycles. The first kappa shape index (κ1) is 19.0. The summed E-state index contributed by atoms with van der Waals surface area (Å²) in [7, 11) is 0. The monoisotopic (exact) mass is 389 g/mol. The third-order valence-electron chi connectivity index (χ3n) is 4.62. The Labute approximate surface area is 169 Å². The van der Waals surface area contributed by atoms with E-state index in [1.165, 1.54) is 0 Å². The second-order valence-corrected chi connectivity index (χ2v) is 6.76. The van der Waals surface area contributed by atoms with Gasteiger partial charge in [-0.2, -0.15) is 0 Å². The highest BCUT2D eigenvalue weighted by atomic mass is 16.7. The standard InChI is InChI=1S/C23H23N3O3/c24-13-19-12-20(29-26-19)16-27-22-9-5-4-8-21(22)18-10-11-23(25-14-18)28-15-17-6-2-1-3-7-17/h1-11,14,20H,12-13,15-16,24H2. The van der Waals surface area contributed by atoms with E-state index in [9.17, 15) is 0 Å². The molecule has 6 nitrogen and oxygen atoms in total. The number of nitrogens with two attached hydrogens (primary N) is 1. The van der Waals surface area contributed by atoms with Crippen LogP contribution < -0.4 is 15.2 Å². The largest absolute Gasteiger partial charge is 0.489 e. The molecule has 1 aliphatic heterocycles. The van der Waals surface area contributed by atoms with Crippen molar-refractivity contribution in [1.29, 1.82) is 0 Å². The first-order valence-corrected chi connectivity index (χ1v) is 9.58. The second-order valence-electron chi connectivity index (χ2n) is 6.76. The van der Waals surface area contributed by atoms with Gasteiger partial charge in [0, 0.05) is 36.4 Å². The Morgan fingerprint density at radius 3 is 2.55 bits per heavy atom. The van der Waals surface area contributed by atoms with Gasteiger partial charge >= 0.3 is 0 Å². The average molecular weight is 389 g/mol. The lowest BCUT2D eigenvalue weighted by Crippen LogP contribution is -2.20. The quantitative estimate of drug-likeness (QED) is 0.634. The van der Waals surface area contributed by atoms with Crippen LogP contribution in [0.25, 0.3) is 11.1 Å². The van der Waals surface area contributed by atoms with Crippen LogP contribution in [0, 0.1) is 0 Å². The van der Waals surface area contributed by atoms with Crippen LogP contribution in [0.3, 0.4) is 0 Å². The molecule has 1 aliphatic rings. The molecule has 6 heteroatoms. The number of rotatable bonds is 8. The highest BCUT2D eigenvalue weighted by molar-refractivity contribution is 5.87. The van der Waals surface area contributed by atoms with Crippen molar-refractivity contribution in [2.75, 3.05) is 13.2 Å². The molecule has 0 bridgehead atoms. The Bertz CT molecular complexity index is 959. The molecule has 0 aliphatic carbocycles. The summed E-state index contributed by atoms with van der Waals surface area (Å²) in [5, 5.41) is 3.97. The van der Waals surface area contributed by atoms with Crippen LogP contribution in [-0.4, -0.2) is 30.0 Å². The molecule has 0 saturated heterocycles. The van der Waals surface area contributed by atoms with Crippen LogP contribution in [0.2, 0.25) is 0 Å². The maximum absolute atomic E-state index is 6.01. The summed E-state index contributed by atoms with van der Waals surface area (Å²) in [6.07, 6.45) is 2.39. The SMILES string of the molecule is NCC1=NOC(COc2ccccc2-c2ccc(OCc3ccccc3)nc2)C1. The summed E-state index contributed by atoms with van der Waals surface area (Å²) in [5.41, 5.74) is 9.49. The zero-order valence-corrected chi connectivity index (χ0v) is 16.0. The van der Waals surface area contributed by atoms with E-state index in [1.807, 2.05) is 66.7 Å². The lowest BCUT2D eigenvalue weighted by Gasteiger charge is -2.14. The molecule has 0 spiro atoms. The van der Waals surface area contributed by atoms with Crippen LogP contribution in [0.5, 0.6) is 11.6 Å². The third kappa shape index (κ3) is 4.92. The number of pyridine rings is 1. The maximum Gasteiger partial charge on any atom is 0.213 e. The fourth-order valence-corrected chi connectivity index (χ4v) is 3.07. The minimum atomic E-state index is -0.103. The number of benzene rings is 2. The van der Waals surface area contributed by atoms with Gasteiger partial charge in [-0.1, -0.05) is 53.7 Å². The van der Waals surface area contributed by atoms with E-state index < -0.39 is 0 Å². The highest BCUT2D eigenvalue weighted by Gasteiger charge is 2.21. The van der Waals surface area contributed by atoms with Crippen molar-refractivity contribution in [3.63, 3.8) is 0 Å². The molecule has 3 aromatic rings. The lowest BCUT2D eigenvalue weighted by atomic mass is 10.1. The molecule has 0 amide bonds. The molecule has 0 fully saturated rings. The summed E-state index contributed by atoms with van der Waals surface area (Å²) in [6, 6.07) is 21.7. The Hall–Kier alpha value is -3.38. The summed E-state index contributed by atoms with van der Waals surface area (Å²) in [4.78, 5) is 9.79. The molecule has 1 unspecified atom stereocenters. The van der Waals surface area contributed by atoms with Gasteiger partial charge in [0.2, 0.25) is 5.88 Å². The van der Waals surface area contributed by atoms with Gasteiger partial charge in [0.15, 0.2) is 6.10 Å². The molecule has 148 valence electrons. The molecule has 4 rings (SSSR count). The molecule has 29 heavy (non-hydrogen) atoms. The van der Waals surface area contributed by atoms with E-state index in [0.717, 1.165) is 28.2 Å². The van der Waals surface area contributed by atoms with Gasteiger partial charge in [0.1, 0.15) is 19.0 Å². The predicted octanol–water partition coefficient (Wildman–Crippen LogP) is 3.81. The number of hydrogen-bond acceptors (Lipinski definition) is 6. The van der Waals surface area contributed by atoms with Crippen molar-refractivity contribution >= 4 is 5.71 Å². The molecule has 1 atom stereocenters. The third-order valence-corrected chi connectivity index (χ3v) is 4.62. The van der Waals surface area contributed by atoms with Crippen LogP contribution >= 0.6 is 0 Å². The van der Waals surface area contributed by atoms with Gasteiger partial charge in [0.25, 0.3) is 0 Å². The second kappa shape index (κ2) is 9.21. The van der Waals surface area contributed by atoms with E-state index in [0.29, 0.717) is 32.1 Å². The smallest absolute Gasteiger partial charge is 0.213 e. The first-order chi connectivity index (χ1) is 14.3. The number of aromatic nitrogens is 1. The van der Waals surface area contributed by atoms with Gasteiger partial charge in [0.05, 0.1) is 5.71 Å². The van der Waals surface area contributed by atoms with Crippen molar-refractivity contribution < 1.29 is 14.3 Å². The van der Waals surface area contributed by atoms with Gasteiger partial charge in [-0.3, -0.25) is 0 Å². The van der Waals surface area contributed by atoms with Gasteiger partial charge < -0.3 is 20.0 Å². The predicted molar refractivity (Wildman–Crippen MR) is 112 cm³/mol. The van der Waals surface area contributed by atoms with Crippen molar-refractivity contribution in [1.82, 2.24) is 4.98 Å². The Kier molecular flexibility index (Phi) is 6.02. The minimum absolute atomic E-state index is 0.103. The number of ether oxygens (including phenoxy) is 2. The van der Waals surface area contributed by atoms with Crippen molar-refractivity contribution in [3.8, 4) is 22.8 Å². The van der Waals surface area contributed by atoms with Gasteiger partial charge in [-0.05, 0) is 17.7 Å². The number of para-hydroxylation sites is 1. The van der Waals surface area contributed by atoms with E-state index in [-0.39, 0.29) is 6.10 Å². The van der Waals surface area contributed by atoms with E-state index in [1.54, 1.807) is 6.20 Å². The summed E-state index contributed by atoms with van der Waals surface area (Å²) in [6.45, 7) is 1.31. The zero-order valence-electron chi connectivity index (χ0n) is 16.0. The molecule has 0 radical (unpaired) electrons. The van der Waals surface area contributed by atoms with E-state index in [4.69, 9.17) is 20.0 Å². The topological polar surface area (TPSA) is 79.0 Å². The van der Waals surface area contributed by atoms with Gasteiger partial charge in [-0.25, -0.2) is 4.98 Å². The molecule has 2 heterocycles. The van der Waals surface area contributed by atoms with Crippen LogP contribution in [-0.2, 0) is 11.4 Å².